The number of H-pyrrole nitrogens is 2. The van der Waals surface area contributed by atoms with Crippen molar-refractivity contribution >= 4 is 35.2 Å². The van der Waals surface area contributed by atoms with Gasteiger partial charge in [-0.25, -0.2) is 0 Å². The highest BCUT2D eigenvalue weighted by molar-refractivity contribution is 5.90. The molecule has 0 bridgehead atoms. The van der Waals surface area contributed by atoms with E-state index in [1.54, 1.807) is 13.3 Å². The van der Waals surface area contributed by atoms with Gasteiger partial charge in [-0.15, -0.1) is 0 Å². The van der Waals surface area contributed by atoms with Gasteiger partial charge in [0.25, 0.3) is 0 Å². The number of hydrogen-bond donors (Lipinski definition) is 2. The number of nitrogens with one attached hydrogen (secondary N) is 2. The second kappa shape index (κ2) is 9.92. The number of aromatic nitrogens is 4. The van der Waals surface area contributed by atoms with Crippen LogP contribution in [0.25, 0.3) is 35.2 Å². The fourth-order valence-corrected chi connectivity index (χ4v) is 3.69. The quantitative estimate of drug-likeness (QED) is 0.296. The normalized spacial score (nSPS) is 11.6. The molecule has 6 nitrogen and oxygen atoms in total. The van der Waals surface area contributed by atoms with E-state index in [1.807, 2.05) is 66.9 Å². The highest BCUT2D eigenvalue weighted by Crippen LogP contribution is 2.27. The van der Waals surface area contributed by atoms with E-state index in [0.717, 1.165) is 45.2 Å². The maximum absolute atomic E-state index is 5.85. The molecule has 0 atom stereocenters. The fourth-order valence-electron chi connectivity index (χ4n) is 3.69. The lowest BCUT2D eigenvalue weighted by Crippen LogP contribution is -1.98. The van der Waals surface area contributed by atoms with Crippen LogP contribution in [0.1, 0.15) is 28.2 Å². The van der Waals surface area contributed by atoms with Crippen LogP contribution in [0.5, 0.6) is 11.5 Å². The number of benzene rings is 2. The van der Waals surface area contributed by atoms with Gasteiger partial charge >= 0.3 is 0 Å². The number of para-hydroxylation sites is 1. The topological polar surface area (TPSA) is 75.8 Å². The van der Waals surface area contributed by atoms with Crippen molar-refractivity contribution in [2.45, 2.75) is 6.61 Å². The van der Waals surface area contributed by atoms with Crippen molar-refractivity contribution in [3.05, 3.63) is 107 Å². The molecule has 34 heavy (non-hydrogen) atoms. The van der Waals surface area contributed by atoms with E-state index in [-0.39, 0.29) is 0 Å². The van der Waals surface area contributed by atoms with Gasteiger partial charge in [-0.05, 0) is 65.6 Å². The molecule has 0 aliphatic rings. The molecule has 0 spiro atoms. The smallest absolute Gasteiger partial charge is 0.130 e. The summed E-state index contributed by atoms with van der Waals surface area (Å²) in [5, 5.41) is 8.65. The van der Waals surface area contributed by atoms with Crippen molar-refractivity contribution in [3.63, 3.8) is 0 Å². The van der Waals surface area contributed by atoms with Gasteiger partial charge < -0.3 is 14.5 Å². The molecule has 3 aromatic heterocycles. The van der Waals surface area contributed by atoms with Crippen molar-refractivity contribution in [1.29, 1.82) is 0 Å². The maximum atomic E-state index is 5.85. The molecule has 0 unspecified atom stereocenters. The second-order valence-electron chi connectivity index (χ2n) is 7.72. The first-order valence-electron chi connectivity index (χ1n) is 11.0. The Labute approximate surface area is 197 Å². The van der Waals surface area contributed by atoms with E-state index in [4.69, 9.17) is 9.47 Å². The summed E-state index contributed by atoms with van der Waals surface area (Å²) in [5.74, 6) is 1.45. The summed E-state index contributed by atoms with van der Waals surface area (Å²) in [4.78, 5) is 7.56. The van der Waals surface area contributed by atoms with Crippen LogP contribution in [0.4, 0.5) is 0 Å². The number of rotatable bonds is 8. The summed E-state index contributed by atoms with van der Waals surface area (Å²) in [5.41, 5.74) is 5.82. The molecule has 5 rings (SSSR count). The Morgan fingerprint density at radius 2 is 1.82 bits per heavy atom. The molecule has 0 fully saturated rings. The van der Waals surface area contributed by atoms with E-state index < -0.39 is 0 Å². The number of aromatic amines is 2. The van der Waals surface area contributed by atoms with Gasteiger partial charge in [0.2, 0.25) is 0 Å². The largest absolute Gasteiger partial charge is 0.496 e. The molecule has 2 aromatic carbocycles. The Hall–Kier alpha value is -4.58. The van der Waals surface area contributed by atoms with Gasteiger partial charge in [-0.3, -0.25) is 10.1 Å². The number of fused-ring (bicyclic) bond motifs is 1. The Bertz CT molecular complexity index is 1450. The van der Waals surface area contributed by atoms with Crippen LogP contribution in [0.15, 0.2) is 79.1 Å². The monoisotopic (exact) mass is 448 g/mol. The number of pyridine rings is 1. The average molecular weight is 449 g/mol. The zero-order valence-corrected chi connectivity index (χ0v) is 18.7. The Kier molecular flexibility index (Phi) is 6.21. The zero-order chi connectivity index (χ0) is 23.2. The summed E-state index contributed by atoms with van der Waals surface area (Å²) in [6.45, 7) is 0.404. The molecule has 2 N–H and O–H groups in total. The minimum Gasteiger partial charge on any atom is -0.496 e. The lowest BCUT2D eigenvalue weighted by molar-refractivity contribution is 0.299. The molecule has 0 radical (unpaired) electrons. The lowest BCUT2D eigenvalue weighted by Gasteiger charge is -2.09. The molecular weight excluding hydrogens is 424 g/mol. The summed E-state index contributed by atoms with van der Waals surface area (Å²) >= 11 is 0. The summed E-state index contributed by atoms with van der Waals surface area (Å²) in [6.07, 6.45) is 11.7. The lowest BCUT2D eigenvalue weighted by atomic mass is 10.1. The molecular formula is C28H24N4O2. The third-order valence-corrected chi connectivity index (χ3v) is 5.43. The van der Waals surface area contributed by atoms with Crippen LogP contribution in [0.2, 0.25) is 0 Å². The molecule has 0 aliphatic carbocycles. The molecule has 168 valence electrons. The van der Waals surface area contributed by atoms with Crippen LogP contribution in [-0.2, 0) is 6.61 Å². The van der Waals surface area contributed by atoms with Gasteiger partial charge in [0, 0.05) is 24.0 Å². The van der Waals surface area contributed by atoms with Crippen LogP contribution >= 0.6 is 0 Å². The van der Waals surface area contributed by atoms with Crippen LogP contribution < -0.4 is 9.47 Å². The van der Waals surface area contributed by atoms with E-state index in [0.29, 0.717) is 6.61 Å². The third-order valence-electron chi connectivity index (χ3n) is 5.43. The van der Waals surface area contributed by atoms with Crippen molar-refractivity contribution in [3.8, 4) is 11.5 Å². The predicted octanol–water partition coefficient (Wildman–Crippen LogP) is 6.21. The maximum Gasteiger partial charge on any atom is 0.130 e. The van der Waals surface area contributed by atoms with Crippen molar-refractivity contribution in [1.82, 2.24) is 20.2 Å². The molecule has 0 saturated heterocycles. The first kappa shape index (κ1) is 21.3. The molecule has 3 heterocycles. The summed E-state index contributed by atoms with van der Waals surface area (Å²) in [6, 6.07) is 21.8. The van der Waals surface area contributed by atoms with Gasteiger partial charge in [-0.2, -0.15) is 5.10 Å². The highest BCUT2D eigenvalue weighted by atomic mass is 16.5. The molecule has 0 amide bonds. The molecule has 0 aliphatic heterocycles. The van der Waals surface area contributed by atoms with E-state index >= 15 is 0 Å². The zero-order valence-electron chi connectivity index (χ0n) is 18.7. The first-order chi connectivity index (χ1) is 16.8. The fraction of sp³-hybridized carbons (Fsp3) is 0.0714. The minimum atomic E-state index is 0.404. The summed E-state index contributed by atoms with van der Waals surface area (Å²) < 4.78 is 11.4. The van der Waals surface area contributed by atoms with Crippen LogP contribution in [0.3, 0.4) is 0 Å². The molecule has 0 saturated carbocycles. The number of ether oxygens (including phenoxy) is 2. The predicted molar refractivity (Wildman–Crippen MR) is 136 cm³/mol. The van der Waals surface area contributed by atoms with Gasteiger partial charge in [0.05, 0.1) is 29.7 Å². The highest BCUT2D eigenvalue weighted by Gasteiger charge is 2.05. The molecule has 6 heteroatoms. The number of hydrogen-bond acceptors (Lipinski definition) is 4. The van der Waals surface area contributed by atoms with Gasteiger partial charge in [0.1, 0.15) is 18.1 Å². The number of methoxy groups -OCH3 is 1. The second-order valence-corrected chi connectivity index (χ2v) is 7.72. The SMILES string of the molecule is COc1cc(OCc2ccccn2)ccc1/C=C/c1cc(/C=C/c2cccc3cc[nH]c23)[nH]n1. The van der Waals surface area contributed by atoms with Gasteiger partial charge in [-0.1, -0.05) is 30.3 Å². The minimum absolute atomic E-state index is 0.404. The van der Waals surface area contributed by atoms with E-state index in [9.17, 15) is 0 Å². The van der Waals surface area contributed by atoms with Gasteiger partial charge in [0.15, 0.2) is 0 Å². The van der Waals surface area contributed by atoms with Crippen LogP contribution in [0, 0.1) is 0 Å². The Balaban J connectivity index is 1.26. The Morgan fingerprint density at radius 1 is 0.882 bits per heavy atom. The van der Waals surface area contributed by atoms with E-state index in [1.165, 1.54) is 5.39 Å². The van der Waals surface area contributed by atoms with Crippen molar-refractivity contribution < 1.29 is 9.47 Å². The van der Waals surface area contributed by atoms with Crippen molar-refractivity contribution in [2.75, 3.05) is 7.11 Å². The standard InChI is InChI=1S/C28H24N4O2/c1-33-27-18-26(34-19-25-7-2-3-15-29-25)13-10-20(27)8-11-23-17-24(32-31-23)12-9-21-5-4-6-22-14-16-30-28(21)22/h2-18,30H,19H2,1H3,(H,31,32)/b11-8+,12-9+. The molecule has 5 aromatic rings. The van der Waals surface area contributed by atoms with Crippen LogP contribution in [-0.4, -0.2) is 27.3 Å². The van der Waals surface area contributed by atoms with Crippen molar-refractivity contribution in [2.24, 2.45) is 0 Å². The third kappa shape index (κ3) is 4.91. The Morgan fingerprint density at radius 3 is 2.71 bits per heavy atom. The summed E-state index contributed by atoms with van der Waals surface area (Å²) in [7, 11) is 1.65. The first-order valence-corrected chi connectivity index (χ1v) is 11.0. The van der Waals surface area contributed by atoms with E-state index in [2.05, 4.69) is 50.5 Å². The average Bonchev–Trinajstić information content (AvgIpc) is 3.55. The number of nitrogens with zero attached hydrogens (tertiary/aromatic N) is 2.